The van der Waals surface area contributed by atoms with Crippen LogP contribution in [-0.4, -0.2) is 28.2 Å². The molecule has 19 heavy (non-hydrogen) atoms. The molecule has 1 rings (SSSR count). The first-order chi connectivity index (χ1) is 8.91. The summed E-state index contributed by atoms with van der Waals surface area (Å²) in [6, 6.07) is 5.92. The van der Waals surface area contributed by atoms with E-state index in [4.69, 9.17) is 10.2 Å². The molecule has 0 saturated heterocycles. The van der Waals surface area contributed by atoms with Gasteiger partial charge in [-0.3, -0.25) is 4.79 Å². The molecule has 0 aromatic heterocycles. The number of benzene rings is 1. The molecular weight excluding hydrogens is 246 g/mol. The van der Waals surface area contributed by atoms with E-state index in [0.717, 1.165) is 0 Å². The molecule has 3 N–H and O–H groups in total. The second-order valence-electron chi connectivity index (χ2n) is 4.86. The molecular formula is C14H19NO4. The quantitative estimate of drug-likeness (QED) is 0.701. The lowest BCUT2D eigenvalue weighted by Gasteiger charge is -2.17. The number of carboxylic acids is 2. The van der Waals surface area contributed by atoms with E-state index in [1.807, 2.05) is 13.8 Å². The first-order valence-electron chi connectivity index (χ1n) is 6.19. The Morgan fingerprint density at radius 1 is 1.21 bits per heavy atom. The summed E-state index contributed by atoms with van der Waals surface area (Å²) in [5.74, 6) is -1.67. The lowest BCUT2D eigenvalue weighted by molar-refractivity contribution is -0.140. The van der Waals surface area contributed by atoms with Crippen molar-refractivity contribution in [2.24, 2.45) is 5.92 Å². The van der Waals surface area contributed by atoms with E-state index >= 15 is 0 Å². The Kier molecular flexibility index (Phi) is 5.51. The fourth-order valence-electron chi connectivity index (χ4n) is 1.86. The van der Waals surface area contributed by atoms with Gasteiger partial charge in [0.15, 0.2) is 0 Å². The van der Waals surface area contributed by atoms with E-state index in [1.165, 1.54) is 6.07 Å². The highest BCUT2D eigenvalue weighted by molar-refractivity contribution is 5.89. The normalized spacial score (nSPS) is 12.4. The molecule has 0 saturated carbocycles. The minimum Gasteiger partial charge on any atom is -0.480 e. The number of rotatable bonds is 7. The highest BCUT2D eigenvalue weighted by atomic mass is 16.4. The van der Waals surface area contributed by atoms with Crippen LogP contribution in [0.5, 0.6) is 0 Å². The molecule has 1 aromatic rings. The van der Waals surface area contributed by atoms with Gasteiger partial charge in [0.1, 0.15) is 6.04 Å². The summed E-state index contributed by atoms with van der Waals surface area (Å²) in [4.78, 5) is 22.1. The zero-order valence-corrected chi connectivity index (χ0v) is 11.1. The molecule has 0 aliphatic rings. The average molecular weight is 265 g/mol. The molecule has 1 aromatic carbocycles. The van der Waals surface area contributed by atoms with E-state index in [9.17, 15) is 9.59 Å². The summed E-state index contributed by atoms with van der Waals surface area (Å²) in [7, 11) is 0. The molecule has 0 heterocycles. The van der Waals surface area contributed by atoms with E-state index in [-0.39, 0.29) is 18.0 Å². The van der Waals surface area contributed by atoms with Crippen LogP contribution in [0.1, 0.15) is 36.2 Å². The van der Waals surface area contributed by atoms with Gasteiger partial charge in [-0.05, 0) is 24.0 Å². The van der Waals surface area contributed by atoms with E-state index in [1.54, 1.807) is 18.2 Å². The number of hydrogen-bond donors (Lipinski definition) is 3. The Balaban J connectivity index is 2.74. The van der Waals surface area contributed by atoms with Crippen molar-refractivity contribution in [3.8, 4) is 0 Å². The molecule has 0 radical (unpaired) electrons. The van der Waals surface area contributed by atoms with E-state index < -0.39 is 18.0 Å². The maximum atomic E-state index is 11.1. The second-order valence-corrected chi connectivity index (χ2v) is 4.86. The average Bonchev–Trinajstić information content (AvgIpc) is 2.34. The minimum atomic E-state index is -1.01. The van der Waals surface area contributed by atoms with Crippen LogP contribution in [0, 0.1) is 5.92 Å². The summed E-state index contributed by atoms with van der Waals surface area (Å²) in [6.07, 6.45) is 0.505. The molecule has 0 bridgehead atoms. The minimum absolute atomic E-state index is 0.198. The largest absolute Gasteiger partial charge is 0.480 e. The van der Waals surface area contributed by atoms with Crippen LogP contribution < -0.4 is 5.32 Å². The Hall–Kier alpha value is -1.88. The molecule has 0 spiro atoms. The van der Waals surface area contributed by atoms with Gasteiger partial charge < -0.3 is 15.5 Å². The zero-order valence-electron chi connectivity index (χ0n) is 11.1. The first-order valence-corrected chi connectivity index (χ1v) is 6.19. The highest BCUT2D eigenvalue weighted by Gasteiger charge is 2.19. The lowest BCUT2D eigenvalue weighted by atomic mass is 10.0. The number of aliphatic carboxylic acids is 1. The predicted molar refractivity (Wildman–Crippen MR) is 71.1 cm³/mol. The van der Waals surface area contributed by atoms with Crippen LogP contribution in [0.4, 0.5) is 0 Å². The molecule has 0 fully saturated rings. The van der Waals surface area contributed by atoms with Gasteiger partial charge >= 0.3 is 11.9 Å². The summed E-state index contributed by atoms with van der Waals surface area (Å²) in [6.45, 7) is 4.12. The summed E-state index contributed by atoms with van der Waals surface area (Å²) in [5, 5.41) is 21.0. The van der Waals surface area contributed by atoms with Gasteiger partial charge in [-0.2, -0.15) is 0 Å². The predicted octanol–water partition coefficient (Wildman–Crippen LogP) is 1.97. The molecule has 1 atom stereocenters. The topological polar surface area (TPSA) is 86.6 Å². The summed E-state index contributed by atoms with van der Waals surface area (Å²) in [5.41, 5.74) is 0.786. The fourth-order valence-corrected chi connectivity index (χ4v) is 1.86. The Morgan fingerprint density at radius 2 is 1.84 bits per heavy atom. The Bertz CT molecular complexity index is 457. The third kappa shape index (κ3) is 4.71. The van der Waals surface area contributed by atoms with Gasteiger partial charge in [0.2, 0.25) is 0 Å². The van der Waals surface area contributed by atoms with Crippen molar-refractivity contribution in [1.29, 1.82) is 0 Å². The maximum Gasteiger partial charge on any atom is 0.336 e. The van der Waals surface area contributed by atoms with Gasteiger partial charge in [0.25, 0.3) is 0 Å². The number of carbonyl (C=O) groups is 2. The van der Waals surface area contributed by atoms with Gasteiger partial charge in [-0.15, -0.1) is 0 Å². The molecule has 104 valence electrons. The standard InChI is InChI=1S/C14H19NO4/c1-9(2)7-12(14(18)19)15-8-10-5-3-4-6-11(10)13(16)17/h3-6,9,12,15H,7-8H2,1-2H3,(H,16,17)(H,18,19). The monoisotopic (exact) mass is 265 g/mol. The van der Waals surface area contributed by atoms with Crippen LogP contribution in [0.2, 0.25) is 0 Å². The smallest absolute Gasteiger partial charge is 0.336 e. The van der Waals surface area contributed by atoms with E-state index in [2.05, 4.69) is 5.32 Å². The number of hydrogen-bond acceptors (Lipinski definition) is 3. The second kappa shape index (κ2) is 6.89. The van der Waals surface area contributed by atoms with Crippen molar-refractivity contribution in [3.05, 3.63) is 35.4 Å². The van der Waals surface area contributed by atoms with Crippen LogP contribution in [-0.2, 0) is 11.3 Å². The van der Waals surface area contributed by atoms with Crippen molar-refractivity contribution in [2.45, 2.75) is 32.9 Å². The number of aromatic carboxylic acids is 1. The SMILES string of the molecule is CC(C)CC(NCc1ccccc1C(=O)O)C(=O)O. The summed E-state index contributed by atoms with van der Waals surface area (Å²) >= 11 is 0. The van der Waals surface area contributed by atoms with Crippen LogP contribution in [0.3, 0.4) is 0 Å². The van der Waals surface area contributed by atoms with Crippen LogP contribution in [0.15, 0.2) is 24.3 Å². The van der Waals surface area contributed by atoms with Crippen LogP contribution >= 0.6 is 0 Å². The molecule has 1 unspecified atom stereocenters. The van der Waals surface area contributed by atoms with Gasteiger partial charge in [-0.25, -0.2) is 4.79 Å². The van der Waals surface area contributed by atoms with Crippen molar-refractivity contribution in [3.63, 3.8) is 0 Å². The fraction of sp³-hybridized carbons (Fsp3) is 0.429. The Labute approximate surface area is 112 Å². The van der Waals surface area contributed by atoms with E-state index in [0.29, 0.717) is 12.0 Å². The third-order valence-electron chi connectivity index (χ3n) is 2.79. The van der Waals surface area contributed by atoms with Crippen molar-refractivity contribution in [1.82, 2.24) is 5.32 Å². The lowest BCUT2D eigenvalue weighted by Crippen LogP contribution is -2.37. The number of carboxylic acid groups (broad SMARTS) is 2. The van der Waals surface area contributed by atoms with Crippen LogP contribution in [0.25, 0.3) is 0 Å². The summed E-state index contributed by atoms with van der Waals surface area (Å²) < 4.78 is 0. The van der Waals surface area contributed by atoms with Gasteiger partial charge in [-0.1, -0.05) is 32.0 Å². The van der Waals surface area contributed by atoms with Crippen molar-refractivity contribution in [2.75, 3.05) is 0 Å². The molecule has 0 amide bonds. The molecule has 5 heteroatoms. The molecule has 0 aliphatic heterocycles. The van der Waals surface area contributed by atoms with Crippen molar-refractivity contribution < 1.29 is 19.8 Å². The highest BCUT2D eigenvalue weighted by Crippen LogP contribution is 2.10. The van der Waals surface area contributed by atoms with Gasteiger partial charge in [0.05, 0.1) is 5.56 Å². The number of nitrogens with one attached hydrogen (secondary N) is 1. The first kappa shape index (κ1) is 15.2. The zero-order chi connectivity index (χ0) is 14.4. The maximum absolute atomic E-state index is 11.1. The van der Waals surface area contributed by atoms with Crippen molar-refractivity contribution >= 4 is 11.9 Å². The third-order valence-corrected chi connectivity index (χ3v) is 2.79. The molecule has 5 nitrogen and oxygen atoms in total. The molecule has 0 aliphatic carbocycles. The Morgan fingerprint density at radius 3 is 2.37 bits per heavy atom. The van der Waals surface area contributed by atoms with Gasteiger partial charge in [0, 0.05) is 6.54 Å².